The highest BCUT2D eigenvalue weighted by Crippen LogP contribution is 2.22. The summed E-state index contributed by atoms with van der Waals surface area (Å²) in [5, 5.41) is 11.1. The molecule has 0 atom stereocenters. The molecular weight excluding hydrogens is 390 g/mol. The van der Waals surface area contributed by atoms with Gasteiger partial charge in [0.2, 0.25) is 0 Å². The van der Waals surface area contributed by atoms with Crippen molar-refractivity contribution in [2.45, 2.75) is 0 Å². The molecule has 1 amide bonds. The molecule has 1 heterocycles. The van der Waals surface area contributed by atoms with Crippen molar-refractivity contribution < 1.29 is 10.0 Å². The summed E-state index contributed by atoms with van der Waals surface area (Å²) in [6.07, 6.45) is 0. The lowest BCUT2D eigenvalue weighted by molar-refractivity contribution is 0.0812. The van der Waals surface area contributed by atoms with Gasteiger partial charge < -0.3 is 4.90 Å². The lowest BCUT2D eigenvalue weighted by atomic mass is 10.1. The highest BCUT2D eigenvalue weighted by molar-refractivity contribution is 7.80. The van der Waals surface area contributed by atoms with Crippen LogP contribution in [0.2, 0.25) is 0 Å². The lowest BCUT2D eigenvalue weighted by Gasteiger charge is -2.11. The fourth-order valence-corrected chi connectivity index (χ4v) is 3.33. The third-order valence-corrected chi connectivity index (χ3v) is 5.06. The number of benzene rings is 2. The molecule has 3 aromatic rings. The monoisotopic (exact) mass is 407 g/mol. The maximum atomic E-state index is 12.5. The Hall–Kier alpha value is -3.05. The van der Waals surface area contributed by atoms with Crippen LogP contribution in [-0.4, -0.2) is 39.6 Å². The molecule has 1 aromatic heterocycles. The second kappa shape index (κ2) is 9.24. The first-order chi connectivity index (χ1) is 13.6. The van der Waals surface area contributed by atoms with Crippen molar-refractivity contribution in [3.63, 3.8) is 0 Å². The Morgan fingerprint density at radius 1 is 1.21 bits per heavy atom. The third kappa shape index (κ3) is 4.81. The van der Waals surface area contributed by atoms with Crippen LogP contribution in [0.5, 0.6) is 0 Å². The molecule has 0 spiro atoms. The van der Waals surface area contributed by atoms with E-state index in [1.807, 2.05) is 41.2 Å². The number of hydrogen-bond acceptors (Lipinski definition) is 5. The Labute approximate surface area is 172 Å². The molecule has 0 aliphatic heterocycles. The molecule has 0 fully saturated rings. The first-order valence-electron chi connectivity index (χ1n) is 8.38. The van der Waals surface area contributed by atoms with Crippen LogP contribution in [0.15, 0.2) is 60.0 Å². The quantitative estimate of drug-likeness (QED) is 0.393. The van der Waals surface area contributed by atoms with Crippen LogP contribution in [0.3, 0.4) is 0 Å². The molecule has 140 valence electrons. The van der Waals surface area contributed by atoms with Crippen LogP contribution in [0, 0.1) is 11.8 Å². The maximum absolute atomic E-state index is 12.5. The number of hydrogen-bond donors (Lipinski definition) is 2. The van der Waals surface area contributed by atoms with Crippen molar-refractivity contribution in [1.29, 1.82) is 0 Å². The smallest absolute Gasteiger partial charge is 0.283 e. The molecule has 28 heavy (non-hydrogen) atoms. The standard InChI is InChI=1S/C21H17N3O2S2/c1-24(13-5-6-15-9-11-17(12-10-15)19(27)23-26)21(25)20-22-18(14-28-20)16-7-3-2-4-8-16/h2-4,7-12,14,26H,13H2,1H3,(H,23,27). The summed E-state index contributed by atoms with van der Waals surface area (Å²) < 4.78 is 0. The molecule has 0 unspecified atom stereocenters. The fourth-order valence-electron chi connectivity index (χ4n) is 2.38. The summed E-state index contributed by atoms with van der Waals surface area (Å²) >= 11 is 6.28. The largest absolute Gasteiger partial charge is 0.328 e. The highest BCUT2D eigenvalue weighted by Gasteiger charge is 2.15. The number of rotatable bonds is 4. The van der Waals surface area contributed by atoms with Gasteiger partial charge in [0.15, 0.2) is 5.01 Å². The number of nitrogens with one attached hydrogen (secondary N) is 1. The number of carbonyl (C=O) groups excluding carboxylic acids is 1. The lowest BCUT2D eigenvalue weighted by Crippen LogP contribution is -2.26. The summed E-state index contributed by atoms with van der Waals surface area (Å²) in [6.45, 7) is 0.289. The molecule has 3 rings (SSSR count). The van der Waals surface area contributed by atoms with Gasteiger partial charge in [0.05, 0.1) is 12.2 Å². The van der Waals surface area contributed by atoms with Crippen molar-refractivity contribution in [3.8, 4) is 23.1 Å². The number of carbonyl (C=O) groups is 1. The average Bonchev–Trinajstić information content (AvgIpc) is 3.24. The first-order valence-corrected chi connectivity index (χ1v) is 9.67. The van der Waals surface area contributed by atoms with Gasteiger partial charge in [-0.3, -0.25) is 15.5 Å². The zero-order valence-corrected chi connectivity index (χ0v) is 16.7. The van der Waals surface area contributed by atoms with Gasteiger partial charge in [0.1, 0.15) is 4.99 Å². The van der Waals surface area contributed by atoms with Gasteiger partial charge in [-0.2, -0.15) is 0 Å². The van der Waals surface area contributed by atoms with E-state index >= 15 is 0 Å². The minimum atomic E-state index is -0.156. The number of hydroxylamine groups is 1. The van der Waals surface area contributed by atoms with E-state index in [-0.39, 0.29) is 17.4 Å². The number of thiocarbonyl (C=S) groups is 1. The summed E-state index contributed by atoms with van der Waals surface area (Å²) in [7, 11) is 1.70. The average molecular weight is 408 g/mol. The zero-order chi connectivity index (χ0) is 19.9. The van der Waals surface area contributed by atoms with E-state index < -0.39 is 0 Å². The molecule has 0 aliphatic rings. The molecule has 0 aliphatic carbocycles. The van der Waals surface area contributed by atoms with E-state index in [1.165, 1.54) is 11.3 Å². The minimum Gasteiger partial charge on any atom is -0.328 e. The van der Waals surface area contributed by atoms with Crippen LogP contribution < -0.4 is 5.48 Å². The zero-order valence-electron chi connectivity index (χ0n) is 15.0. The highest BCUT2D eigenvalue weighted by atomic mass is 32.1. The Kier molecular flexibility index (Phi) is 6.50. The molecule has 2 N–H and O–H groups in total. The predicted octanol–water partition coefficient (Wildman–Crippen LogP) is 3.59. The van der Waals surface area contributed by atoms with Gasteiger partial charge >= 0.3 is 0 Å². The Morgan fingerprint density at radius 3 is 2.61 bits per heavy atom. The number of amides is 1. The number of nitrogens with zero attached hydrogens (tertiary/aromatic N) is 2. The summed E-state index contributed by atoms with van der Waals surface area (Å²) in [5.74, 6) is 5.84. The maximum Gasteiger partial charge on any atom is 0.283 e. The van der Waals surface area contributed by atoms with Crippen LogP contribution in [0.25, 0.3) is 11.3 Å². The topological polar surface area (TPSA) is 65.5 Å². The van der Waals surface area contributed by atoms with Crippen molar-refractivity contribution >= 4 is 34.5 Å². The normalized spacial score (nSPS) is 9.93. The van der Waals surface area contributed by atoms with Gasteiger partial charge in [-0.25, -0.2) is 4.98 Å². The first kappa shape index (κ1) is 19.7. The van der Waals surface area contributed by atoms with E-state index in [2.05, 4.69) is 16.8 Å². The van der Waals surface area contributed by atoms with Gasteiger partial charge in [-0.1, -0.05) is 66.5 Å². The van der Waals surface area contributed by atoms with Crippen LogP contribution in [0.1, 0.15) is 20.9 Å². The summed E-state index contributed by atoms with van der Waals surface area (Å²) in [6, 6.07) is 16.9. The van der Waals surface area contributed by atoms with Crippen LogP contribution in [0.4, 0.5) is 0 Å². The third-order valence-electron chi connectivity index (χ3n) is 3.90. The van der Waals surface area contributed by atoms with E-state index in [0.29, 0.717) is 10.6 Å². The summed E-state index contributed by atoms with van der Waals surface area (Å²) in [4.78, 5) is 18.8. The van der Waals surface area contributed by atoms with Crippen molar-refractivity contribution in [3.05, 3.63) is 76.1 Å². The second-order valence-electron chi connectivity index (χ2n) is 5.89. The van der Waals surface area contributed by atoms with Crippen molar-refractivity contribution in [2.24, 2.45) is 0 Å². The van der Waals surface area contributed by atoms with Gasteiger partial charge in [0.25, 0.3) is 5.91 Å². The number of thiazole rings is 1. The molecule has 0 saturated heterocycles. The van der Waals surface area contributed by atoms with Gasteiger partial charge in [-0.15, -0.1) is 11.3 Å². The van der Waals surface area contributed by atoms with Gasteiger partial charge in [-0.05, 0) is 12.1 Å². The Balaban J connectivity index is 1.62. The van der Waals surface area contributed by atoms with E-state index in [0.717, 1.165) is 16.8 Å². The minimum absolute atomic E-state index is 0.156. The van der Waals surface area contributed by atoms with Crippen molar-refractivity contribution in [1.82, 2.24) is 15.4 Å². The Bertz CT molecular complexity index is 1030. The molecule has 7 heteroatoms. The molecule has 0 saturated carbocycles. The molecule has 5 nitrogen and oxygen atoms in total. The second-order valence-corrected chi connectivity index (χ2v) is 7.15. The predicted molar refractivity (Wildman–Crippen MR) is 114 cm³/mol. The molecule has 2 aromatic carbocycles. The van der Waals surface area contributed by atoms with E-state index in [4.69, 9.17) is 17.4 Å². The molecule has 0 bridgehead atoms. The van der Waals surface area contributed by atoms with Crippen molar-refractivity contribution in [2.75, 3.05) is 13.6 Å². The summed E-state index contributed by atoms with van der Waals surface area (Å²) in [5.41, 5.74) is 5.23. The molecular formula is C21H17N3O2S2. The molecule has 0 radical (unpaired) electrons. The van der Waals surface area contributed by atoms with Crippen LogP contribution >= 0.6 is 23.6 Å². The van der Waals surface area contributed by atoms with E-state index in [1.54, 1.807) is 36.2 Å². The van der Waals surface area contributed by atoms with E-state index in [9.17, 15) is 4.79 Å². The fraction of sp³-hybridized carbons (Fsp3) is 0.0952. The number of aromatic nitrogens is 1. The van der Waals surface area contributed by atoms with Crippen LogP contribution in [-0.2, 0) is 0 Å². The SMILES string of the molecule is CN(CC#Cc1ccc(C(=S)NO)cc1)C(=O)c1nc(-c2ccccc2)cs1. The van der Waals surface area contributed by atoms with Gasteiger partial charge in [0, 0.05) is 29.1 Å². The Morgan fingerprint density at radius 2 is 1.93 bits per heavy atom.